The Hall–Kier alpha value is -0.340. The van der Waals surface area contributed by atoms with Crippen molar-refractivity contribution in [1.29, 1.82) is 0 Å². The second-order valence-corrected chi connectivity index (χ2v) is 4.86. The molecule has 0 amide bonds. The molecule has 2 heteroatoms. The van der Waals surface area contributed by atoms with E-state index in [2.05, 4.69) is 45.5 Å². The number of nitrogens with one attached hydrogen (secondary N) is 1. The maximum absolute atomic E-state index is 3.60. The van der Waals surface area contributed by atoms with Crippen LogP contribution in [0.15, 0.2) is 28.7 Å². The molecule has 1 aromatic carbocycles. The van der Waals surface area contributed by atoms with Gasteiger partial charge in [-0.3, -0.25) is 0 Å². The van der Waals surface area contributed by atoms with Gasteiger partial charge < -0.3 is 5.32 Å². The summed E-state index contributed by atoms with van der Waals surface area (Å²) in [4.78, 5) is 0. The number of benzene rings is 1. The van der Waals surface area contributed by atoms with Gasteiger partial charge in [0.15, 0.2) is 0 Å². The monoisotopic (exact) mass is 253 g/mol. The first-order valence-electron chi connectivity index (χ1n) is 5.30. The van der Waals surface area contributed by atoms with Gasteiger partial charge in [0.25, 0.3) is 0 Å². The molecule has 0 aliphatic carbocycles. The van der Waals surface area contributed by atoms with Gasteiger partial charge in [-0.05, 0) is 49.9 Å². The Labute approximate surface area is 94.0 Å². The molecule has 1 heterocycles. The van der Waals surface area contributed by atoms with Gasteiger partial charge in [-0.15, -0.1) is 0 Å². The fraction of sp³-hybridized carbons (Fsp3) is 0.500. The highest BCUT2D eigenvalue weighted by Crippen LogP contribution is 2.22. The van der Waals surface area contributed by atoms with Crippen LogP contribution in [0.1, 0.15) is 18.4 Å². The third-order valence-electron chi connectivity index (χ3n) is 2.87. The molecule has 1 atom stereocenters. The first-order valence-corrected chi connectivity index (χ1v) is 6.09. The molecule has 14 heavy (non-hydrogen) atoms. The van der Waals surface area contributed by atoms with Crippen LogP contribution in [0, 0.1) is 5.92 Å². The quantitative estimate of drug-likeness (QED) is 0.855. The van der Waals surface area contributed by atoms with Crippen LogP contribution in [0.5, 0.6) is 0 Å². The molecular formula is C12H16BrN. The molecule has 1 N–H and O–H groups in total. The predicted octanol–water partition coefficient (Wildman–Crippen LogP) is 2.99. The van der Waals surface area contributed by atoms with Gasteiger partial charge in [-0.2, -0.15) is 0 Å². The van der Waals surface area contributed by atoms with Crippen LogP contribution in [0.25, 0.3) is 0 Å². The van der Waals surface area contributed by atoms with Crippen LogP contribution in [-0.4, -0.2) is 13.1 Å². The minimum atomic E-state index is 0.822. The van der Waals surface area contributed by atoms with Crippen LogP contribution >= 0.6 is 15.9 Å². The first kappa shape index (κ1) is 10.2. The van der Waals surface area contributed by atoms with Crippen LogP contribution in [-0.2, 0) is 6.42 Å². The van der Waals surface area contributed by atoms with Gasteiger partial charge in [0, 0.05) is 4.47 Å². The summed E-state index contributed by atoms with van der Waals surface area (Å²) in [5.41, 5.74) is 1.45. The Balaban J connectivity index is 1.99. The zero-order valence-electron chi connectivity index (χ0n) is 8.30. The summed E-state index contributed by atoms with van der Waals surface area (Å²) < 4.78 is 1.26. The average Bonchev–Trinajstić information content (AvgIpc) is 2.23. The van der Waals surface area contributed by atoms with Gasteiger partial charge in [-0.25, -0.2) is 0 Å². The lowest BCUT2D eigenvalue weighted by Crippen LogP contribution is -2.30. The van der Waals surface area contributed by atoms with Crippen molar-refractivity contribution in [3.8, 4) is 0 Å². The molecule has 1 aliphatic rings. The molecule has 1 fully saturated rings. The van der Waals surface area contributed by atoms with Gasteiger partial charge in [-0.1, -0.05) is 34.1 Å². The van der Waals surface area contributed by atoms with Crippen molar-refractivity contribution in [3.63, 3.8) is 0 Å². The normalized spacial score (nSPS) is 22.2. The third-order valence-corrected chi connectivity index (χ3v) is 3.64. The summed E-state index contributed by atoms with van der Waals surface area (Å²) in [5, 5.41) is 3.46. The first-order chi connectivity index (χ1) is 6.86. The molecule has 0 unspecified atom stereocenters. The van der Waals surface area contributed by atoms with E-state index in [-0.39, 0.29) is 0 Å². The molecule has 0 bridgehead atoms. The van der Waals surface area contributed by atoms with E-state index in [1.54, 1.807) is 0 Å². The van der Waals surface area contributed by atoms with Gasteiger partial charge in [0.05, 0.1) is 0 Å². The summed E-state index contributed by atoms with van der Waals surface area (Å²) in [6, 6.07) is 8.55. The Morgan fingerprint density at radius 1 is 1.36 bits per heavy atom. The average molecular weight is 254 g/mol. The number of rotatable bonds is 2. The van der Waals surface area contributed by atoms with Crippen LogP contribution < -0.4 is 5.32 Å². The lowest BCUT2D eigenvalue weighted by molar-refractivity contribution is 0.376. The number of halogens is 1. The Kier molecular flexibility index (Phi) is 3.60. The molecule has 1 aromatic rings. The molecule has 0 aromatic heterocycles. The number of hydrogen-bond acceptors (Lipinski definition) is 1. The fourth-order valence-corrected chi connectivity index (χ4v) is 2.52. The Bertz CT molecular complexity index is 292. The maximum atomic E-state index is 3.60. The summed E-state index contributed by atoms with van der Waals surface area (Å²) >= 11 is 3.60. The molecule has 0 saturated carbocycles. The van der Waals surface area contributed by atoms with Crippen LogP contribution in [0.2, 0.25) is 0 Å². The Morgan fingerprint density at radius 2 is 2.21 bits per heavy atom. The Morgan fingerprint density at radius 3 is 2.93 bits per heavy atom. The van der Waals surface area contributed by atoms with E-state index in [9.17, 15) is 0 Å². The van der Waals surface area contributed by atoms with Gasteiger partial charge in [0.2, 0.25) is 0 Å². The van der Waals surface area contributed by atoms with Crippen molar-refractivity contribution in [3.05, 3.63) is 34.3 Å². The molecule has 1 nitrogen and oxygen atoms in total. The van der Waals surface area contributed by atoms with Crippen molar-refractivity contribution < 1.29 is 0 Å². The number of hydrogen-bond donors (Lipinski definition) is 1. The third kappa shape index (κ3) is 2.58. The zero-order chi connectivity index (χ0) is 9.80. The maximum Gasteiger partial charge on any atom is 0.0207 e. The van der Waals surface area contributed by atoms with Crippen molar-refractivity contribution in [2.24, 2.45) is 5.92 Å². The summed E-state index contributed by atoms with van der Waals surface area (Å²) in [7, 11) is 0. The largest absolute Gasteiger partial charge is 0.316 e. The summed E-state index contributed by atoms with van der Waals surface area (Å²) in [6.07, 6.45) is 3.90. The lowest BCUT2D eigenvalue weighted by atomic mass is 9.92. The van der Waals surface area contributed by atoms with Gasteiger partial charge in [0.1, 0.15) is 0 Å². The minimum Gasteiger partial charge on any atom is -0.316 e. The zero-order valence-corrected chi connectivity index (χ0v) is 9.89. The van der Waals surface area contributed by atoms with E-state index in [0.717, 1.165) is 5.92 Å². The van der Waals surface area contributed by atoms with Crippen molar-refractivity contribution in [1.82, 2.24) is 5.32 Å². The fourth-order valence-electron chi connectivity index (χ4n) is 2.07. The molecule has 2 rings (SSSR count). The number of piperidine rings is 1. The van der Waals surface area contributed by atoms with E-state index in [4.69, 9.17) is 0 Å². The van der Waals surface area contributed by atoms with Crippen molar-refractivity contribution >= 4 is 15.9 Å². The second-order valence-electron chi connectivity index (χ2n) is 4.01. The highest BCUT2D eigenvalue weighted by molar-refractivity contribution is 9.10. The standard InChI is InChI=1S/C12H16BrN/c13-12-6-2-1-5-11(12)8-10-4-3-7-14-9-10/h1-2,5-6,10,14H,3-4,7-9H2/t10-/m1/s1. The topological polar surface area (TPSA) is 12.0 Å². The molecule has 76 valence electrons. The summed E-state index contributed by atoms with van der Waals surface area (Å²) in [6.45, 7) is 2.38. The van der Waals surface area contributed by atoms with E-state index < -0.39 is 0 Å². The van der Waals surface area contributed by atoms with E-state index in [1.807, 2.05) is 0 Å². The predicted molar refractivity (Wildman–Crippen MR) is 63.4 cm³/mol. The second kappa shape index (κ2) is 4.94. The van der Waals surface area contributed by atoms with E-state index in [0.29, 0.717) is 0 Å². The van der Waals surface area contributed by atoms with E-state index >= 15 is 0 Å². The van der Waals surface area contributed by atoms with Crippen LogP contribution in [0.4, 0.5) is 0 Å². The molecule has 0 radical (unpaired) electrons. The highest BCUT2D eigenvalue weighted by atomic mass is 79.9. The van der Waals surface area contributed by atoms with Crippen molar-refractivity contribution in [2.75, 3.05) is 13.1 Å². The summed E-state index contributed by atoms with van der Waals surface area (Å²) in [5.74, 6) is 0.822. The molecular weight excluding hydrogens is 238 g/mol. The SMILES string of the molecule is Brc1ccccc1C[C@H]1CCCNC1. The molecule has 1 saturated heterocycles. The van der Waals surface area contributed by atoms with E-state index in [1.165, 1.54) is 42.4 Å². The van der Waals surface area contributed by atoms with Crippen LogP contribution in [0.3, 0.4) is 0 Å². The lowest BCUT2D eigenvalue weighted by Gasteiger charge is -2.23. The molecule has 0 spiro atoms. The van der Waals surface area contributed by atoms with Crippen molar-refractivity contribution in [2.45, 2.75) is 19.3 Å². The molecule has 1 aliphatic heterocycles. The smallest absolute Gasteiger partial charge is 0.0207 e. The van der Waals surface area contributed by atoms with Gasteiger partial charge >= 0.3 is 0 Å². The minimum absolute atomic E-state index is 0.822. The highest BCUT2D eigenvalue weighted by Gasteiger charge is 2.14.